The number of aromatic nitrogens is 1. The Hall–Kier alpha value is -7.51. The van der Waals surface area contributed by atoms with Crippen molar-refractivity contribution in [3.05, 3.63) is 174 Å². The number of pyridine rings is 1. The fraction of sp³-hybridized carbons (Fsp3) is 0.133. The number of nitrogens with one attached hydrogen (secondary N) is 2. The lowest BCUT2D eigenvalue weighted by atomic mass is 10.0. The number of piperidine rings is 1. The monoisotopic (exact) mass is 774 g/mol. The van der Waals surface area contributed by atoms with E-state index in [1.165, 1.54) is 16.1 Å². The summed E-state index contributed by atoms with van der Waals surface area (Å²) >= 11 is 0. The van der Waals surface area contributed by atoms with Gasteiger partial charge in [0.2, 0.25) is 17.7 Å². The van der Waals surface area contributed by atoms with Crippen molar-refractivity contribution in [1.82, 2.24) is 15.2 Å². The maximum absolute atomic E-state index is 13.2. The molecule has 3 atom stereocenters. The zero-order chi connectivity index (χ0) is 40.6. The summed E-state index contributed by atoms with van der Waals surface area (Å²) in [6.07, 6.45) is 5.85. The van der Waals surface area contributed by atoms with Crippen molar-refractivity contribution >= 4 is 47.2 Å². The number of furan rings is 1. The second-order valence-electron chi connectivity index (χ2n) is 13.5. The Morgan fingerprint density at radius 1 is 0.845 bits per heavy atom. The number of carbonyl (C=O) groups excluding carboxylic acids is 6. The lowest BCUT2D eigenvalue weighted by Crippen LogP contribution is -2.52. The number of amides is 5. The number of carbonyl (C=O) groups is 6. The van der Waals surface area contributed by atoms with Crippen molar-refractivity contribution in [2.24, 2.45) is 5.73 Å². The highest BCUT2D eigenvalue weighted by molar-refractivity contribution is 6.08. The van der Waals surface area contributed by atoms with E-state index in [4.69, 9.17) is 10.2 Å². The average molecular weight is 775 g/mol. The van der Waals surface area contributed by atoms with Crippen LogP contribution in [0.5, 0.6) is 0 Å². The molecule has 0 bridgehead atoms. The molecule has 1 fully saturated rings. The van der Waals surface area contributed by atoms with Crippen LogP contribution in [-0.4, -0.2) is 51.7 Å². The van der Waals surface area contributed by atoms with Crippen LogP contribution < -0.4 is 21.3 Å². The molecule has 2 aromatic heterocycles. The largest absolute Gasteiger partial charge is 0.459 e. The molecular weight excluding hydrogens is 737 g/mol. The van der Waals surface area contributed by atoms with Crippen LogP contribution in [0, 0.1) is 0 Å². The highest BCUT2D eigenvalue weighted by Gasteiger charge is 2.40. The summed E-state index contributed by atoms with van der Waals surface area (Å²) in [5, 5.41) is 5.08. The fourth-order valence-electron chi connectivity index (χ4n) is 6.93. The minimum Gasteiger partial charge on any atom is -0.459 e. The van der Waals surface area contributed by atoms with Crippen LogP contribution in [0.25, 0.3) is 11.1 Å². The molecular formula is C45H38N6O7. The predicted molar refractivity (Wildman–Crippen MR) is 215 cm³/mol. The normalized spacial score (nSPS) is 15.6. The molecule has 58 heavy (non-hydrogen) atoms. The number of nitrogens with zero attached hydrogens (tertiary/aromatic N) is 3. The van der Waals surface area contributed by atoms with E-state index >= 15 is 0 Å². The summed E-state index contributed by atoms with van der Waals surface area (Å²) in [7, 11) is 0. The second kappa shape index (κ2) is 17.5. The maximum Gasteiger partial charge on any atom is 0.294 e. The highest BCUT2D eigenvalue weighted by Crippen LogP contribution is 2.33. The zero-order valence-corrected chi connectivity index (χ0v) is 31.1. The zero-order valence-electron chi connectivity index (χ0n) is 31.1. The van der Waals surface area contributed by atoms with E-state index < -0.39 is 35.8 Å². The first kappa shape index (κ1) is 38.8. The van der Waals surface area contributed by atoms with Gasteiger partial charge in [-0.2, -0.15) is 0 Å². The number of hydrogen-bond acceptors (Lipinski definition) is 9. The van der Waals surface area contributed by atoms with Crippen LogP contribution >= 0.6 is 0 Å². The van der Waals surface area contributed by atoms with E-state index in [9.17, 15) is 28.8 Å². The van der Waals surface area contributed by atoms with Gasteiger partial charge in [0.05, 0.1) is 6.26 Å². The minimum absolute atomic E-state index is 0.160. The fourth-order valence-corrected chi connectivity index (χ4v) is 6.93. The first-order valence-electron chi connectivity index (χ1n) is 18.5. The van der Waals surface area contributed by atoms with Crippen molar-refractivity contribution in [2.45, 2.75) is 37.5 Å². The first-order chi connectivity index (χ1) is 28.2. The molecule has 6 aromatic rings. The van der Waals surface area contributed by atoms with Gasteiger partial charge in [0, 0.05) is 53.4 Å². The number of aldehydes is 1. The van der Waals surface area contributed by atoms with E-state index in [1.807, 2.05) is 60.7 Å². The third-order valence-electron chi connectivity index (χ3n) is 9.92. The molecule has 1 saturated heterocycles. The summed E-state index contributed by atoms with van der Waals surface area (Å²) < 4.78 is 5.30. The molecule has 13 nitrogen and oxygen atoms in total. The standard InChI is InChI=1S/C24H18N2O3.C21H20N4O4/c27-17-22(20-8-4-14-25-16-20)26(24(28)23-9-5-15-29-23)21-12-10-19(11-13-21)18-6-2-1-3-7-18;22-18(12-5-2-1-3-6-12)20(28)23-15-8-4-7-13-14(15)11-25(21(13)29)16-9-10-17(26)24-19(16)27/h1-17,22H;1-8,16,18H,9-11,22H2,(H,23,28)(H,24,26,27). The van der Waals surface area contributed by atoms with Crippen molar-refractivity contribution in [3.8, 4) is 11.1 Å². The third-order valence-corrected chi connectivity index (χ3v) is 9.92. The Kier molecular flexibility index (Phi) is 11.7. The summed E-state index contributed by atoms with van der Waals surface area (Å²) in [6, 6.07) is 35.8. The van der Waals surface area contributed by atoms with Gasteiger partial charge in [0.1, 0.15) is 24.4 Å². The molecule has 290 valence electrons. The molecule has 4 aromatic carbocycles. The molecule has 4 heterocycles. The van der Waals surface area contributed by atoms with Crippen molar-refractivity contribution in [2.75, 3.05) is 10.2 Å². The molecule has 5 amide bonds. The molecule has 8 rings (SSSR count). The summed E-state index contributed by atoms with van der Waals surface area (Å²) in [5.41, 5.74) is 11.6. The Labute approximate surface area is 333 Å². The lowest BCUT2D eigenvalue weighted by Gasteiger charge is -2.29. The summed E-state index contributed by atoms with van der Waals surface area (Å²) in [4.78, 5) is 81.2. The number of nitrogens with two attached hydrogens (primary N) is 1. The van der Waals surface area contributed by atoms with Gasteiger partial charge in [0.25, 0.3) is 11.8 Å². The Balaban J connectivity index is 0.000000177. The molecule has 13 heteroatoms. The van der Waals surface area contributed by atoms with Crippen LogP contribution in [0.1, 0.15) is 62.5 Å². The van der Waals surface area contributed by atoms with Gasteiger partial charge in [0.15, 0.2) is 5.76 Å². The van der Waals surface area contributed by atoms with E-state index in [0.29, 0.717) is 33.6 Å². The highest BCUT2D eigenvalue weighted by atomic mass is 16.3. The maximum atomic E-state index is 13.2. The van der Waals surface area contributed by atoms with E-state index in [2.05, 4.69) is 15.6 Å². The van der Waals surface area contributed by atoms with Crippen LogP contribution in [0.3, 0.4) is 0 Å². The van der Waals surface area contributed by atoms with Gasteiger partial charge in [-0.3, -0.25) is 39.2 Å². The Morgan fingerprint density at radius 3 is 2.21 bits per heavy atom. The van der Waals surface area contributed by atoms with E-state index in [-0.39, 0.29) is 37.0 Å². The number of imide groups is 1. The van der Waals surface area contributed by atoms with Gasteiger partial charge < -0.3 is 25.2 Å². The van der Waals surface area contributed by atoms with Crippen molar-refractivity contribution in [1.29, 1.82) is 0 Å². The van der Waals surface area contributed by atoms with Crippen molar-refractivity contribution < 1.29 is 33.2 Å². The molecule has 0 radical (unpaired) electrons. The van der Waals surface area contributed by atoms with Gasteiger partial charge in [-0.05, 0) is 65.6 Å². The number of hydrogen-bond donors (Lipinski definition) is 3. The number of rotatable bonds is 10. The average Bonchev–Trinajstić information content (AvgIpc) is 3.93. The Morgan fingerprint density at radius 2 is 1.55 bits per heavy atom. The van der Waals surface area contributed by atoms with Gasteiger partial charge in [-0.25, -0.2) is 0 Å². The third kappa shape index (κ3) is 8.34. The number of anilines is 2. The molecule has 4 N–H and O–H groups in total. The molecule has 3 unspecified atom stereocenters. The van der Waals surface area contributed by atoms with Crippen molar-refractivity contribution in [3.63, 3.8) is 0 Å². The molecule has 2 aliphatic rings. The van der Waals surface area contributed by atoms with Gasteiger partial charge in [-0.1, -0.05) is 84.9 Å². The van der Waals surface area contributed by atoms with E-state index in [0.717, 1.165) is 17.4 Å². The molecule has 0 aliphatic carbocycles. The van der Waals surface area contributed by atoms with Gasteiger partial charge in [-0.15, -0.1) is 0 Å². The summed E-state index contributed by atoms with van der Waals surface area (Å²) in [5.74, 6) is -1.73. The molecule has 0 saturated carbocycles. The van der Waals surface area contributed by atoms with Crippen LogP contribution in [0.15, 0.2) is 150 Å². The molecule has 0 spiro atoms. The quantitative estimate of drug-likeness (QED) is 0.111. The topological polar surface area (TPSA) is 185 Å². The number of fused-ring (bicyclic) bond motifs is 1. The second-order valence-corrected chi connectivity index (χ2v) is 13.5. The smallest absolute Gasteiger partial charge is 0.294 e. The summed E-state index contributed by atoms with van der Waals surface area (Å²) in [6.45, 7) is 0.178. The van der Waals surface area contributed by atoms with Gasteiger partial charge >= 0.3 is 0 Å². The lowest BCUT2D eigenvalue weighted by molar-refractivity contribution is -0.137. The van der Waals surface area contributed by atoms with Crippen LogP contribution in [0.4, 0.5) is 11.4 Å². The minimum atomic E-state index is -0.851. The number of benzene rings is 4. The van der Waals surface area contributed by atoms with Crippen LogP contribution in [-0.2, 0) is 25.7 Å². The first-order valence-corrected chi connectivity index (χ1v) is 18.5. The predicted octanol–water partition coefficient (Wildman–Crippen LogP) is 6.01. The Bertz CT molecular complexity index is 2430. The molecule has 2 aliphatic heterocycles. The van der Waals surface area contributed by atoms with E-state index in [1.54, 1.807) is 79.1 Å². The SMILES string of the molecule is NC(C(=O)Nc1cccc2c1CN(C1CCC(=O)NC1=O)C2=O)c1ccccc1.O=CC(c1cccnc1)N(C(=O)c1ccco1)c1ccc(-c2ccccc2)cc1. The van der Waals surface area contributed by atoms with Crippen LogP contribution in [0.2, 0.25) is 0 Å².